The van der Waals surface area contributed by atoms with Crippen LogP contribution >= 0.6 is 15.9 Å². The molecule has 0 heterocycles. The molecule has 0 N–H and O–H groups in total. The molecule has 0 spiro atoms. The number of likely N-dealkylation sites (N-methyl/N-ethyl adjacent to an activating group) is 2. The lowest BCUT2D eigenvalue weighted by Gasteiger charge is -2.29. The molecule has 0 fully saturated rings. The average Bonchev–Trinajstić information content (AvgIpc) is 2.16. The first kappa shape index (κ1) is 15.4. The molecule has 0 aliphatic heterocycles. The first-order chi connectivity index (χ1) is 7.11. The minimum atomic E-state index is 0.675. The Morgan fingerprint density at radius 1 is 1.13 bits per heavy atom. The summed E-state index contributed by atoms with van der Waals surface area (Å²) in [5, 5.41) is 1.15. The Kier molecular flexibility index (Phi) is 9.87. The van der Waals surface area contributed by atoms with Crippen molar-refractivity contribution in [1.82, 2.24) is 9.80 Å². The zero-order valence-electron chi connectivity index (χ0n) is 10.8. The lowest BCUT2D eigenvalue weighted by atomic mass is 10.2. The van der Waals surface area contributed by atoms with Crippen LogP contribution in [0.15, 0.2) is 0 Å². The average molecular weight is 279 g/mol. The van der Waals surface area contributed by atoms with Crippen LogP contribution in [0.25, 0.3) is 0 Å². The van der Waals surface area contributed by atoms with E-state index in [4.69, 9.17) is 0 Å². The monoisotopic (exact) mass is 278 g/mol. The number of alkyl halides is 1. The maximum absolute atomic E-state index is 3.48. The molecule has 1 unspecified atom stereocenters. The van der Waals surface area contributed by atoms with Crippen LogP contribution in [0.1, 0.15) is 33.1 Å². The Morgan fingerprint density at radius 2 is 1.80 bits per heavy atom. The third kappa shape index (κ3) is 8.23. The Morgan fingerprint density at radius 3 is 2.27 bits per heavy atom. The van der Waals surface area contributed by atoms with Gasteiger partial charge in [-0.3, -0.25) is 4.90 Å². The quantitative estimate of drug-likeness (QED) is 0.473. The third-order valence-electron chi connectivity index (χ3n) is 2.74. The van der Waals surface area contributed by atoms with Gasteiger partial charge in [-0.2, -0.15) is 0 Å². The maximum Gasteiger partial charge on any atom is 0.0194 e. The predicted octanol–water partition coefficient (Wildman–Crippen LogP) is 2.82. The van der Waals surface area contributed by atoms with Crippen LogP contribution in [0.5, 0.6) is 0 Å². The Balaban J connectivity index is 3.70. The van der Waals surface area contributed by atoms with E-state index in [1.807, 2.05) is 0 Å². The summed E-state index contributed by atoms with van der Waals surface area (Å²) in [4.78, 5) is 4.85. The van der Waals surface area contributed by atoms with Gasteiger partial charge in [-0.15, -0.1) is 0 Å². The molecular formula is C12H27BrN2. The number of hydrogen-bond donors (Lipinski definition) is 0. The van der Waals surface area contributed by atoms with E-state index in [1.54, 1.807) is 0 Å². The van der Waals surface area contributed by atoms with E-state index in [2.05, 4.69) is 53.7 Å². The van der Waals surface area contributed by atoms with Crippen molar-refractivity contribution < 1.29 is 0 Å². The molecule has 0 radical (unpaired) electrons. The van der Waals surface area contributed by atoms with Crippen molar-refractivity contribution in [1.29, 1.82) is 0 Å². The molecule has 0 bridgehead atoms. The second-order valence-electron chi connectivity index (χ2n) is 4.49. The van der Waals surface area contributed by atoms with Gasteiger partial charge >= 0.3 is 0 Å². The highest BCUT2D eigenvalue weighted by molar-refractivity contribution is 9.09. The first-order valence-corrected chi connectivity index (χ1v) is 7.18. The molecule has 0 rings (SSSR count). The summed E-state index contributed by atoms with van der Waals surface area (Å²) < 4.78 is 0. The first-order valence-electron chi connectivity index (χ1n) is 6.06. The number of nitrogens with zero attached hydrogens (tertiary/aromatic N) is 2. The Labute approximate surface area is 104 Å². The Bertz CT molecular complexity index is 140. The van der Waals surface area contributed by atoms with E-state index in [0.29, 0.717) is 6.04 Å². The summed E-state index contributed by atoms with van der Waals surface area (Å²) in [6.07, 6.45) is 3.98. The zero-order chi connectivity index (χ0) is 11.7. The lowest BCUT2D eigenvalue weighted by molar-refractivity contribution is 0.179. The van der Waals surface area contributed by atoms with Crippen LogP contribution in [0.4, 0.5) is 0 Å². The van der Waals surface area contributed by atoms with Gasteiger partial charge in [0.1, 0.15) is 0 Å². The molecule has 0 aromatic heterocycles. The molecule has 15 heavy (non-hydrogen) atoms. The third-order valence-corrected chi connectivity index (χ3v) is 3.30. The van der Waals surface area contributed by atoms with Crippen LogP contribution in [0.2, 0.25) is 0 Å². The van der Waals surface area contributed by atoms with Gasteiger partial charge in [0, 0.05) is 17.9 Å². The van der Waals surface area contributed by atoms with Gasteiger partial charge in [-0.1, -0.05) is 29.3 Å². The second-order valence-corrected chi connectivity index (χ2v) is 5.28. The van der Waals surface area contributed by atoms with E-state index in [9.17, 15) is 0 Å². The molecule has 0 amide bonds. The number of hydrogen-bond acceptors (Lipinski definition) is 2. The molecule has 2 nitrogen and oxygen atoms in total. The van der Waals surface area contributed by atoms with Crippen molar-refractivity contribution in [2.24, 2.45) is 0 Å². The number of rotatable bonds is 9. The standard InChI is InChI=1S/C12H27BrN2/c1-5-15(10-8-6-7-9-13)12(2)11-14(3)4/h12H,5-11H2,1-4H3. The van der Waals surface area contributed by atoms with Crippen molar-refractivity contribution in [3.8, 4) is 0 Å². The fourth-order valence-corrected chi connectivity index (χ4v) is 2.32. The van der Waals surface area contributed by atoms with Gasteiger partial charge in [-0.25, -0.2) is 0 Å². The molecule has 0 aliphatic rings. The number of unbranched alkanes of at least 4 members (excludes halogenated alkanes) is 2. The van der Waals surface area contributed by atoms with Gasteiger partial charge in [0.25, 0.3) is 0 Å². The van der Waals surface area contributed by atoms with Crippen LogP contribution in [-0.4, -0.2) is 54.9 Å². The molecule has 3 heteroatoms. The van der Waals surface area contributed by atoms with Gasteiger partial charge in [-0.05, 0) is 47.0 Å². The summed E-state index contributed by atoms with van der Waals surface area (Å²) in [6.45, 7) is 8.17. The van der Waals surface area contributed by atoms with Crippen LogP contribution in [0, 0.1) is 0 Å². The predicted molar refractivity (Wildman–Crippen MR) is 72.9 cm³/mol. The van der Waals surface area contributed by atoms with Crippen molar-refractivity contribution >= 4 is 15.9 Å². The van der Waals surface area contributed by atoms with Gasteiger partial charge < -0.3 is 4.90 Å². The van der Waals surface area contributed by atoms with Crippen molar-refractivity contribution in [2.75, 3.05) is 39.1 Å². The molecular weight excluding hydrogens is 252 g/mol. The van der Waals surface area contributed by atoms with E-state index in [0.717, 1.165) is 11.9 Å². The zero-order valence-corrected chi connectivity index (χ0v) is 12.4. The van der Waals surface area contributed by atoms with E-state index >= 15 is 0 Å². The molecule has 0 aromatic carbocycles. The number of halogens is 1. The molecule has 0 saturated heterocycles. The van der Waals surface area contributed by atoms with Gasteiger partial charge in [0.2, 0.25) is 0 Å². The summed E-state index contributed by atoms with van der Waals surface area (Å²) in [5.74, 6) is 0. The second kappa shape index (κ2) is 9.61. The Hall–Kier alpha value is 0.400. The van der Waals surface area contributed by atoms with Gasteiger partial charge in [0.15, 0.2) is 0 Å². The smallest absolute Gasteiger partial charge is 0.0194 e. The van der Waals surface area contributed by atoms with E-state index in [1.165, 1.54) is 32.4 Å². The largest absolute Gasteiger partial charge is 0.308 e. The maximum atomic E-state index is 3.48. The van der Waals surface area contributed by atoms with Crippen molar-refractivity contribution in [2.45, 2.75) is 39.2 Å². The summed E-state index contributed by atoms with van der Waals surface area (Å²) in [7, 11) is 4.30. The summed E-state index contributed by atoms with van der Waals surface area (Å²) in [6, 6.07) is 0.675. The highest BCUT2D eigenvalue weighted by Gasteiger charge is 2.11. The minimum absolute atomic E-state index is 0.675. The highest BCUT2D eigenvalue weighted by atomic mass is 79.9. The topological polar surface area (TPSA) is 6.48 Å². The molecule has 0 saturated carbocycles. The van der Waals surface area contributed by atoms with E-state index < -0.39 is 0 Å². The SMILES string of the molecule is CCN(CCCCCBr)C(C)CN(C)C. The summed E-state index contributed by atoms with van der Waals surface area (Å²) >= 11 is 3.48. The van der Waals surface area contributed by atoms with Crippen LogP contribution in [0.3, 0.4) is 0 Å². The van der Waals surface area contributed by atoms with Crippen LogP contribution < -0.4 is 0 Å². The van der Waals surface area contributed by atoms with Crippen molar-refractivity contribution in [3.05, 3.63) is 0 Å². The molecule has 92 valence electrons. The van der Waals surface area contributed by atoms with Gasteiger partial charge in [0.05, 0.1) is 0 Å². The summed E-state index contributed by atoms with van der Waals surface area (Å²) in [5.41, 5.74) is 0. The molecule has 1 atom stereocenters. The van der Waals surface area contributed by atoms with Crippen LogP contribution in [-0.2, 0) is 0 Å². The fourth-order valence-electron chi connectivity index (χ4n) is 1.92. The van der Waals surface area contributed by atoms with Crippen molar-refractivity contribution in [3.63, 3.8) is 0 Å². The lowest BCUT2D eigenvalue weighted by Crippen LogP contribution is -2.40. The highest BCUT2D eigenvalue weighted by Crippen LogP contribution is 2.05. The molecule has 0 aromatic rings. The van der Waals surface area contributed by atoms with E-state index in [-0.39, 0.29) is 0 Å². The fraction of sp³-hybridized carbons (Fsp3) is 1.00. The minimum Gasteiger partial charge on any atom is -0.308 e. The molecule has 0 aliphatic carbocycles. The normalized spacial score (nSPS) is 13.8.